The van der Waals surface area contributed by atoms with Crippen LogP contribution in [0.4, 0.5) is 10.1 Å². The molecule has 8 heteroatoms. The van der Waals surface area contributed by atoms with Gasteiger partial charge in [-0.1, -0.05) is 47.6 Å². The van der Waals surface area contributed by atoms with E-state index in [2.05, 4.69) is 39.8 Å². The Hall–Kier alpha value is -4.46. The zero-order chi connectivity index (χ0) is 23.5. The Morgan fingerprint density at radius 3 is 2.74 bits per heavy atom. The van der Waals surface area contributed by atoms with Crippen molar-refractivity contribution in [3.8, 4) is 5.75 Å². The van der Waals surface area contributed by atoms with E-state index in [1.165, 1.54) is 24.3 Å². The van der Waals surface area contributed by atoms with Gasteiger partial charge in [-0.15, -0.1) is 0 Å². The normalized spacial score (nSPS) is 11.0. The molecule has 3 aromatic carbocycles. The number of rotatable bonds is 7. The molecule has 5 rings (SSSR count). The summed E-state index contributed by atoms with van der Waals surface area (Å²) in [6.45, 7) is 2.33. The van der Waals surface area contributed by atoms with Crippen molar-refractivity contribution in [3.05, 3.63) is 108 Å². The van der Waals surface area contributed by atoms with Crippen LogP contribution < -0.4 is 10.1 Å². The van der Waals surface area contributed by atoms with E-state index in [4.69, 9.17) is 9.26 Å². The fraction of sp³-hybridized carbons (Fsp3) is 0.115. The van der Waals surface area contributed by atoms with Crippen molar-refractivity contribution >= 4 is 22.4 Å². The first kappa shape index (κ1) is 21.4. The Kier molecular flexibility index (Phi) is 5.78. The molecule has 2 aromatic heterocycles. The largest absolute Gasteiger partial charge is 0.489 e. The van der Waals surface area contributed by atoms with Crippen LogP contribution in [0.15, 0.2) is 83.6 Å². The fourth-order valence-electron chi connectivity index (χ4n) is 3.74. The first-order valence-electron chi connectivity index (χ1n) is 10.7. The molecular formula is C26H21FN4O3. The zero-order valence-electron chi connectivity index (χ0n) is 18.4. The van der Waals surface area contributed by atoms with Crippen LogP contribution in [0.1, 0.15) is 27.4 Å². The molecule has 0 saturated heterocycles. The highest BCUT2D eigenvalue weighted by atomic mass is 19.1. The number of halogens is 1. The molecule has 0 unspecified atom stereocenters. The van der Waals surface area contributed by atoms with Crippen molar-refractivity contribution in [1.82, 2.24) is 14.9 Å². The summed E-state index contributed by atoms with van der Waals surface area (Å²) in [5, 5.41) is 13.4. The van der Waals surface area contributed by atoms with Crippen LogP contribution in [-0.2, 0) is 13.2 Å². The molecule has 170 valence electrons. The Labute approximate surface area is 194 Å². The van der Waals surface area contributed by atoms with Crippen LogP contribution in [0.25, 0.3) is 10.8 Å². The molecule has 7 nitrogen and oxygen atoms in total. The number of anilines is 1. The van der Waals surface area contributed by atoms with Crippen molar-refractivity contribution in [3.63, 3.8) is 0 Å². The lowest BCUT2D eigenvalue weighted by atomic mass is 10.0. The minimum absolute atomic E-state index is 0.0596. The summed E-state index contributed by atoms with van der Waals surface area (Å²) < 4.78 is 25.7. The third kappa shape index (κ3) is 4.52. The van der Waals surface area contributed by atoms with Crippen molar-refractivity contribution in [2.75, 3.05) is 5.32 Å². The number of fused-ring (bicyclic) bond motifs is 1. The Bertz CT molecular complexity index is 1450. The fourth-order valence-corrected chi connectivity index (χ4v) is 3.74. The molecule has 0 fully saturated rings. The van der Waals surface area contributed by atoms with Gasteiger partial charge in [0, 0.05) is 6.20 Å². The average Bonchev–Trinajstić information content (AvgIpc) is 3.44. The van der Waals surface area contributed by atoms with Gasteiger partial charge in [0.1, 0.15) is 23.9 Å². The molecule has 0 bridgehead atoms. The number of carbonyl (C=O) groups excluding carboxylic acids is 1. The number of nitrogens with zero attached hydrogens (tertiary/aromatic N) is 3. The molecule has 0 saturated carbocycles. The maximum atomic E-state index is 13.1. The Morgan fingerprint density at radius 2 is 1.88 bits per heavy atom. The molecular weight excluding hydrogens is 435 g/mol. The number of amides is 1. The van der Waals surface area contributed by atoms with E-state index in [9.17, 15) is 9.18 Å². The van der Waals surface area contributed by atoms with Gasteiger partial charge >= 0.3 is 0 Å². The molecule has 0 radical (unpaired) electrons. The van der Waals surface area contributed by atoms with Gasteiger partial charge in [-0.05, 0) is 47.5 Å². The third-order valence-electron chi connectivity index (χ3n) is 5.50. The summed E-state index contributed by atoms with van der Waals surface area (Å²) >= 11 is 0. The van der Waals surface area contributed by atoms with Crippen molar-refractivity contribution in [2.24, 2.45) is 0 Å². The first-order chi connectivity index (χ1) is 16.6. The van der Waals surface area contributed by atoms with E-state index >= 15 is 0 Å². The standard InChI is InChI=1S/C26H21FN4O3/c1-17-24(16-33-22-11-9-20(27)10-12-22)25(30-34-17)26(32)29-21-13-28-31(15-21)14-19-7-4-6-18-5-2-3-8-23(18)19/h2-13,15H,14,16H2,1H3,(H,29,32). The van der Waals surface area contributed by atoms with E-state index in [1.807, 2.05) is 18.2 Å². The number of hydrogen-bond acceptors (Lipinski definition) is 5. The third-order valence-corrected chi connectivity index (χ3v) is 5.50. The van der Waals surface area contributed by atoms with Crippen molar-refractivity contribution in [2.45, 2.75) is 20.1 Å². The number of carbonyl (C=O) groups is 1. The number of nitrogens with one attached hydrogen (secondary N) is 1. The molecule has 0 aliphatic carbocycles. The zero-order valence-corrected chi connectivity index (χ0v) is 18.4. The molecule has 0 atom stereocenters. The van der Waals surface area contributed by atoms with Gasteiger partial charge in [-0.3, -0.25) is 9.48 Å². The highest BCUT2D eigenvalue weighted by Gasteiger charge is 2.21. The second-order valence-electron chi connectivity index (χ2n) is 7.83. The molecule has 0 aliphatic heterocycles. The second-order valence-corrected chi connectivity index (χ2v) is 7.83. The number of hydrogen-bond donors (Lipinski definition) is 1. The maximum absolute atomic E-state index is 13.1. The van der Waals surface area contributed by atoms with Crippen LogP contribution in [0.2, 0.25) is 0 Å². The smallest absolute Gasteiger partial charge is 0.278 e. The number of ether oxygens (including phenoxy) is 1. The van der Waals surface area contributed by atoms with Crippen LogP contribution in [0.5, 0.6) is 5.75 Å². The molecule has 34 heavy (non-hydrogen) atoms. The quantitative estimate of drug-likeness (QED) is 0.357. The van der Waals surface area contributed by atoms with Crippen LogP contribution in [-0.4, -0.2) is 20.8 Å². The maximum Gasteiger partial charge on any atom is 0.278 e. The topological polar surface area (TPSA) is 82.2 Å². The van der Waals surface area contributed by atoms with Crippen LogP contribution in [0.3, 0.4) is 0 Å². The minimum Gasteiger partial charge on any atom is -0.489 e. The van der Waals surface area contributed by atoms with E-state index in [1.54, 1.807) is 24.0 Å². The van der Waals surface area contributed by atoms with Crippen LogP contribution >= 0.6 is 0 Å². The summed E-state index contributed by atoms with van der Waals surface area (Å²) in [5.74, 6) is 0.163. The summed E-state index contributed by atoms with van der Waals surface area (Å²) in [5.41, 5.74) is 2.31. The van der Waals surface area contributed by atoms with Gasteiger partial charge in [-0.25, -0.2) is 4.39 Å². The molecule has 1 amide bonds. The summed E-state index contributed by atoms with van der Waals surface area (Å²) in [6.07, 6.45) is 3.35. The van der Waals surface area contributed by atoms with E-state index in [-0.39, 0.29) is 18.1 Å². The second kappa shape index (κ2) is 9.19. The van der Waals surface area contributed by atoms with Crippen molar-refractivity contribution < 1.29 is 18.4 Å². The van der Waals surface area contributed by atoms with Crippen LogP contribution in [0, 0.1) is 12.7 Å². The van der Waals surface area contributed by atoms with E-state index < -0.39 is 5.91 Å². The predicted molar refractivity (Wildman–Crippen MR) is 125 cm³/mol. The number of aryl methyl sites for hydroxylation is 1. The first-order valence-corrected chi connectivity index (χ1v) is 10.7. The van der Waals surface area contributed by atoms with Gasteiger partial charge in [-0.2, -0.15) is 5.10 Å². The molecule has 0 aliphatic rings. The summed E-state index contributed by atoms with van der Waals surface area (Å²) in [4.78, 5) is 12.9. The Morgan fingerprint density at radius 1 is 1.09 bits per heavy atom. The number of benzene rings is 3. The molecule has 0 spiro atoms. The van der Waals surface area contributed by atoms with Gasteiger partial charge in [0.05, 0.1) is 24.0 Å². The van der Waals surface area contributed by atoms with Crippen molar-refractivity contribution in [1.29, 1.82) is 0 Å². The summed E-state index contributed by atoms with van der Waals surface area (Å²) in [7, 11) is 0. The minimum atomic E-state index is -0.431. The van der Waals surface area contributed by atoms with Gasteiger partial charge in [0.2, 0.25) is 0 Å². The monoisotopic (exact) mass is 456 g/mol. The predicted octanol–water partition coefficient (Wildman–Crippen LogP) is 5.35. The highest BCUT2D eigenvalue weighted by molar-refractivity contribution is 6.03. The SMILES string of the molecule is Cc1onc(C(=O)Nc2cnn(Cc3cccc4ccccc34)c2)c1COc1ccc(F)cc1. The van der Waals surface area contributed by atoms with Gasteiger partial charge < -0.3 is 14.6 Å². The number of aromatic nitrogens is 3. The van der Waals surface area contributed by atoms with Gasteiger partial charge in [0.15, 0.2) is 5.69 Å². The lowest BCUT2D eigenvalue weighted by Crippen LogP contribution is -2.15. The van der Waals surface area contributed by atoms with Gasteiger partial charge in [0.25, 0.3) is 5.91 Å². The Balaban J connectivity index is 1.28. The summed E-state index contributed by atoms with van der Waals surface area (Å²) in [6, 6.07) is 20.0. The lowest BCUT2D eigenvalue weighted by Gasteiger charge is -2.07. The lowest BCUT2D eigenvalue weighted by molar-refractivity contribution is 0.101. The molecule has 5 aromatic rings. The highest BCUT2D eigenvalue weighted by Crippen LogP contribution is 2.21. The average molecular weight is 456 g/mol. The van der Waals surface area contributed by atoms with E-state index in [0.717, 1.165) is 16.3 Å². The molecule has 2 heterocycles. The van der Waals surface area contributed by atoms with E-state index in [0.29, 0.717) is 29.3 Å². The molecule has 1 N–H and O–H groups in total.